The molecule has 140 valence electrons. The van der Waals surface area contributed by atoms with Crippen LogP contribution in [0.15, 0.2) is 36.4 Å². The van der Waals surface area contributed by atoms with Crippen LogP contribution in [0.2, 0.25) is 15.1 Å². The molecular weight excluding hydrogens is 426 g/mol. The number of nitrogens with zero attached hydrogens (tertiary/aromatic N) is 1. The molecule has 0 heterocycles. The fraction of sp³-hybridized carbons (Fsp3) is 0.111. The summed E-state index contributed by atoms with van der Waals surface area (Å²) in [5, 5.41) is 17.7. The van der Waals surface area contributed by atoms with Crippen molar-refractivity contribution >= 4 is 46.8 Å². The van der Waals surface area contributed by atoms with Gasteiger partial charge >= 0.3 is 12.1 Å². The van der Waals surface area contributed by atoms with Crippen molar-refractivity contribution in [3.05, 3.63) is 73.7 Å². The number of hydrogen-bond acceptors (Lipinski definition) is 2. The molecule has 1 N–H and O–H groups in total. The molecule has 3 nitrogen and oxygen atoms in total. The van der Waals surface area contributed by atoms with Crippen LogP contribution in [0.3, 0.4) is 0 Å². The highest BCUT2D eigenvalue weighted by atomic mass is 35.5. The number of benzene rings is 2. The second-order valence-electron chi connectivity index (χ2n) is 5.40. The molecule has 2 aromatic carbocycles. The van der Waals surface area contributed by atoms with Gasteiger partial charge in [-0.15, -0.1) is 0 Å². The van der Waals surface area contributed by atoms with E-state index in [-0.39, 0.29) is 37.3 Å². The van der Waals surface area contributed by atoms with Crippen LogP contribution in [0.5, 0.6) is 0 Å². The minimum Gasteiger partial charge on any atom is -0.478 e. The number of carboxylic acid groups (broad SMARTS) is 1. The normalized spacial score (nSPS) is 12.8. The van der Waals surface area contributed by atoms with E-state index in [0.29, 0.717) is 0 Å². The highest BCUT2D eigenvalue weighted by Gasteiger charge is 2.39. The Balaban J connectivity index is 2.47. The van der Waals surface area contributed by atoms with Crippen molar-refractivity contribution in [2.45, 2.75) is 12.1 Å². The number of carboxylic acids is 1. The highest BCUT2D eigenvalue weighted by molar-refractivity contribution is 6.48. The second-order valence-corrected chi connectivity index (χ2v) is 6.59. The first-order valence-electron chi connectivity index (χ1n) is 7.21. The number of alkyl halides is 3. The van der Waals surface area contributed by atoms with Gasteiger partial charge in [0.15, 0.2) is 0 Å². The number of rotatable bonds is 4. The number of hydrogen-bond donors (Lipinski definition) is 1. The van der Waals surface area contributed by atoms with E-state index in [2.05, 4.69) is 0 Å². The van der Waals surface area contributed by atoms with Gasteiger partial charge in [0.1, 0.15) is 6.07 Å². The zero-order chi connectivity index (χ0) is 20.4. The van der Waals surface area contributed by atoms with Crippen LogP contribution >= 0.6 is 34.8 Å². The van der Waals surface area contributed by atoms with Crippen molar-refractivity contribution in [3.63, 3.8) is 0 Å². The molecule has 2 aromatic rings. The topological polar surface area (TPSA) is 61.1 Å². The summed E-state index contributed by atoms with van der Waals surface area (Å²) >= 11 is 17.4. The van der Waals surface area contributed by atoms with E-state index in [9.17, 15) is 18.0 Å². The Morgan fingerprint density at radius 2 is 1.74 bits per heavy atom. The summed E-state index contributed by atoms with van der Waals surface area (Å²) < 4.78 is 40.5. The van der Waals surface area contributed by atoms with Gasteiger partial charge in [-0.05, 0) is 35.4 Å². The van der Waals surface area contributed by atoms with Crippen LogP contribution in [0.25, 0.3) is 6.08 Å². The number of aromatic carboxylic acids is 1. The SMILES string of the molecule is N#Cc1cc(C=CC(c2cc(Cl)c(Cl)c(Cl)c2)C(F)(F)F)ccc1C(=O)O. The van der Waals surface area contributed by atoms with Gasteiger partial charge < -0.3 is 5.11 Å². The monoisotopic (exact) mass is 433 g/mol. The standard InChI is InChI=1S/C18H9Cl3F3NO2/c19-14-6-10(7-15(20)16(14)21)13(18(22,23)24)4-2-9-1-3-12(17(26)27)11(5-9)8-25/h1-7,13H,(H,26,27). The van der Waals surface area contributed by atoms with E-state index >= 15 is 0 Å². The van der Waals surface area contributed by atoms with Gasteiger partial charge in [-0.25, -0.2) is 4.79 Å². The van der Waals surface area contributed by atoms with Crippen LogP contribution in [0.1, 0.15) is 33.0 Å². The predicted octanol–water partition coefficient (Wildman–Crippen LogP) is 6.58. The van der Waals surface area contributed by atoms with Gasteiger partial charge in [0.2, 0.25) is 0 Å². The van der Waals surface area contributed by atoms with Gasteiger partial charge in [0, 0.05) is 0 Å². The summed E-state index contributed by atoms with van der Waals surface area (Å²) in [6.07, 6.45) is -2.64. The summed E-state index contributed by atoms with van der Waals surface area (Å²) in [6, 6.07) is 7.50. The smallest absolute Gasteiger partial charge is 0.399 e. The Kier molecular flexibility index (Phi) is 6.42. The first-order chi connectivity index (χ1) is 12.5. The summed E-state index contributed by atoms with van der Waals surface area (Å²) in [5.41, 5.74) is -0.373. The van der Waals surface area contributed by atoms with E-state index in [1.54, 1.807) is 6.07 Å². The van der Waals surface area contributed by atoms with Gasteiger partial charge in [0.05, 0.1) is 32.1 Å². The molecule has 0 spiro atoms. The first kappa shape index (κ1) is 21.1. The molecule has 0 aliphatic carbocycles. The molecule has 9 heteroatoms. The minimum atomic E-state index is -4.64. The molecular formula is C18H9Cl3F3NO2. The third-order valence-electron chi connectivity index (χ3n) is 3.59. The van der Waals surface area contributed by atoms with Gasteiger partial charge in [-0.3, -0.25) is 0 Å². The van der Waals surface area contributed by atoms with Crippen LogP contribution in [0, 0.1) is 11.3 Å². The molecule has 0 saturated heterocycles. The van der Waals surface area contributed by atoms with Crippen molar-refractivity contribution in [2.24, 2.45) is 0 Å². The Labute approximate surface area is 167 Å². The zero-order valence-corrected chi connectivity index (χ0v) is 15.5. The Morgan fingerprint density at radius 3 is 2.22 bits per heavy atom. The highest BCUT2D eigenvalue weighted by Crippen LogP contribution is 2.41. The van der Waals surface area contributed by atoms with Crippen molar-refractivity contribution in [3.8, 4) is 6.07 Å². The van der Waals surface area contributed by atoms with Gasteiger partial charge in [-0.2, -0.15) is 18.4 Å². The van der Waals surface area contributed by atoms with E-state index in [4.69, 9.17) is 45.2 Å². The van der Waals surface area contributed by atoms with Crippen LogP contribution < -0.4 is 0 Å². The molecule has 1 unspecified atom stereocenters. The molecule has 0 fully saturated rings. The summed E-state index contributed by atoms with van der Waals surface area (Å²) in [6.45, 7) is 0. The largest absolute Gasteiger partial charge is 0.478 e. The van der Waals surface area contributed by atoms with E-state index in [1.807, 2.05) is 0 Å². The maximum atomic E-state index is 13.5. The predicted molar refractivity (Wildman–Crippen MR) is 97.4 cm³/mol. The molecule has 0 aliphatic heterocycles. The average molecular weight is 435 g/mol. The molecule has 0 bridgehead atoms. The van der Waals surface area contributed by atoms with Crippen molar-refractivity contribution in [1.29, 1.82) is 5.26 Å². The van der Waals surface area contributed by atoms with Gasteiger partial charge in [0.25, 0.3) is 0 Å². The van der Waals surface area contributed by atoms with Crippen molar-refractivity contribution in [1.82, 2.24) is 0 Å². The van der Waals surface area contributed by atoms with Crippen molar-refractivity contribution < 1.29 is 23.1 Å². The summed E-state index contributed by atoms with van der Waals surface area (Å²) in [7, 11) is 0. The fourth-order valence-electron chi connectivity index (χ4n) is 2.32. The third-order valence-corrected chi connectivity index (χ3v) is 4.79. The molecule has 0 saturated carbocycles. The maximum absolute atomic E-state index is 13.5. The lowest BCUT2D eigenvalue weighted by Gasteiger charge is -2.18. The Morgan fingerprint density at radius 1 is 1.15 bits per heavy atom. The number of carbonyl (C=O) groups is 1. The average Bonchev–Trinajstić information content (AvgIpc) is 2.58. The zero-order valence-electron chi connectivity index (χ0n) is 13.2. The Bertz CT molecular complexity index is 942. The molecule has 27 heavy (non-hydrogen) atoms. The number of allylic oxidation sites excluding steroid dienone is 1. The van der Waals surface area contributed by atoms with E-state index < -0.39 is 18.1 Å². The maximum Gasteiger partial charge on any atom is 0.399 e. The van der Waals surface area contributed by atoms with E-state index in [0.717, 1.165) is 30.4 Å². The van der Waals surface area contributed by atoms with Gasteiger partial charge in [-0.1, -0.05) is 53.0 Å². The lowest BCUT2D eigenvalue weighted by molar-refractivity contribution is -0.139. The van der Waals surface area contributed by atoms with Crippen LogP contribution in [0.4, 0.5) is 13.2 Å². The lowest BCUT2D eigenvalue weighted by atomic mass is 9.96. The van der Waals surface area contributed by atoms with E-state index in [1.165, 1.54) is 12.1 Å². The summed E-state index contributed by atoms with van der Waals surface area (Å²) in [4.78, 5) is 11.0. The second kappa shape index (κ2) is 8.22. The molecule has 0 radical (unpaired) electrons. The third kappa shape index (κ3) is 4.95. The number of nitriles is 1. The molecule has 0 amide bonds. The van der Waals surface area contributed by atoms with Crippen molar-refractivity contribution in [2.75, 3.05) is 0 Å². The van der Waals surface area contributed by atoms with Crippen LogP contribution in [-0.2, 0) is 0 Å². The number of halogens is 6. The quantitative estimate of drug-likeness (QED) is 0.553. The summed E-state index contributed by atoms with van der Waals surface area (Å²) in [5.74, 6) is -3.34. The molecule has 0 aromatic heterocycles. The minimum absolute atomic E-state index is 0.0464. The first-order valence-corrected chi connectivity index (χ1v) is 8.34. The molecule has 0 aliphatic rings. The Hall–Kier alpha value is -2.20. The molecule has 2 rings (SSSR count). The molecule has 1 atom stereocenters. The fourth-order valence-corrected chi connectivity index (χ4v) is 2.93. The lowest BCUT2D eigenvalue weighted by Crippen LogP contribution is -2.19. The van der Waals surface area contributed by atoms with Crippen LogP contribution in [-0.4, -0.2) is 17.3 Å².